The second-order valence-corrected chi connectivity index (χ2v) is 4.62. The van der Waals surface area contributed by atoms with Crippen molar-refractivity contribution in [2.75, 3.05) is 13.2 Å². The third-order valence-electron chi connectivity index (χ3n) is 2.87. The molecule has 1 aromatic heterocycles. The van der Waals surface area contributed by atoms with Crippen LogP contribution in [0.4, 0.5) is 0 Å². The van der Waals surface area contributed by atoms with E-state index in [0.717, 1.165) is 18.4 Å². The van der Waals surface area contributed by atoms with Crippen molar-refractivity contribution in [3.8, 4) is 0 Å². The molecule has 0 spiro atoms. The summed E-state index contributed by atoms with van der Waals surface area (Å²) in [6.45, 7) is 1.97. The number of aromatic nitrogens is 1. The number of hydrogen-bond donors (Lipinski definition) is 2. The summed E-state index contributed by atoms with van der Waals surface area (Å²) in [5, 5.41) is 19.5. The second-order valence-electron chi connectivity index (χ2n) is 4.21. The van der Waals surface area contributed by atoms with Crippen LogP contribution in [0.25, 0.3) is 0 Å². The molecule has 0 saturated heterocycles. The van der Waals surface area contributed by atoms with Crippen LogP contribution in [0.1, 0.15) is 25.3 Å². The largest absolute Gasteiger partial charge is 0.396 e. The van der Waals surface area contributed by atoms with Gasteiger partial charge in [0.25, 0.3) is 0 Å². The van der Waals surface area contributed by atoms with Crippen LogP contribution in [0.3, 0.4) is 0 Å². The first-order valence-electron chi connectivity index (χ1n) is 5.47. The lowest BCUT2D eigenvalue weighted by Gasteiger charge is -2.29. The molecule has 0 amide bonds. The highest BCUT2D eigenvalue weighted by Crippen LogP contribution is 2.30. The van der Waals surface area contributed by atoms with Gasteiger partial charge in [0.1, 0.15) is 0 Å². The van der Waals surface area contributed by atoms with E-state index in [9.17, 15) is 10.2 Å². The summed E-state index contributed by atoms with van der Waals surface area (Å²) in [4.78, 5) is 3.92. The zero-order chi connectivity index (χ0) is 12.0. The number of pyridine rings is 1. The third kappa shape index (κ3) is 3.17. The Kier molecular flexibility index (Phi) is 5.19. The Morgan fingerprint density at radius 1 is 1.38 bits per heavy atom. The average molecular weight is 244 g/mol. The van der Waals surface area contributed by atoms with Gasteiger partial charge in [-0.3, -0.25) is 4.98 Å². The highest BCUT2D eigenvalue weighted by molar-refractivity contribution is 6.31. The van der Waals surface area contributed by atoms with Crippen LogP contribution in [-0.4, -0.2) is 28.4 Å². The van der Waals surface area contributed by atoms with Crippen molar-refractivity contribution in [3.63, 3.8) is 0 Å². The Bertz CT molecular complexity index is 327. The summed E-state index contributed by atoms with van der Waals surface area (Å²) >= 11 is 6.02. The Labute approximate surface area is 101 Å². The van der Waals surface area contributed by atoms with E-state index in [2.05, 4.69) is 4.98 Å². The molecule has 1 heterocycles. The number of halogens is 1. The van der Waals surface area contributed by atoms with E-state index in [1.54, 1.807) is 12.4 Å². The zero-order valence-corrected chi connectivity index (χ0v) is 10.2. The van der Waals surface area contributed by atoms with Crippen LogP contribution in [0.5, 0.6) is 0 Å². The van der Waals surface area contributed by atoms with Crippen LogP contribution in [-0.2, 0) is 6.42 Å². The minimum atomic E-state index is -0.472. The Morgan fingerprint density at radius 3 is 2.56 bits per heavy atom. The molecule has 0 unspecified atom stereocenters. The average Bonchev–Trinajstić information content (AvgIpc) is 2.31. The van der Waals surface area contributed by atoms with Gasteiger partial charge in [-0.25, -0.2) is 0 Å². The summed E-state index contributed by atoms with van der Waals surface area (Å²) < 4.78 is 0. The summed E-state index contributed by atoms with van der Waals surface area (Å²) in [5.41, 5.74) is 0.452. The molecule has 0 aliphatic rings. The lowest BCUT2D eigenvalue weighted by Crippen LogP contribution is -2.32. The van der Waals surface area contributed by atoms with E-state index in [1.165, 1.54) is 0 Å². The predicted molar refractivity (Wildman–Crippen MR) is 64.5 cm³/mol. The van der Waals surface area contributed by atoms with E-state index in [1.807, 2.05) is 13.0 Å². The third-order valence-corrected chi connectivity index (χ3v) is 3.21. The van der Waals surface area contributed by atoms with Crippen LogP contribution in [0.15, 0.2) is 18.5 Å². The van der Waals surface area contributed by atoms with Gasteiger partial charge >= 0.3 is 0 Å². The minimum absolute atomic E-state index is 0.0318. The normalized spacial score (nSPS) is 11.8. The Hall–Kier alpha value is -0.640. The van der Waals surface area contributed by atoms with Crippen molar-refractivity contribution in [3.05, 3.63) is 29.0 Å². The summed E-state index contributed by atoms with van der Waals surface area (Å²) in [6, 6.07) is 1.83. The fourth-order valence-corrected chi connectivity index (χ4v) is 2.08. The van der Waals surface area contributed by atoms with Crippen molar-refractivity contribution < 1.29 is 10.2 Å². The molecule has 2 N–H and O–H groups in total. The van der Waals surface area contributed by atoms with E-state index in [4.69, 9.17) is 11.6 Å². The van der Waals surface area contributed by atoms with Gasteiger partial charge in [0.05, 0.1) is 18.2 Å². The molecule has 0 aromatic carbocycles. The number of nitrogens with zero attached hydrogens (tertiary/aromatic N) is 1. The molecule has 4 heteroatoms. The van der Waals surface area contributed by atoms with Gasteiger partial charge in [-0.2, -0.15) is 0 Å². The lowest BCUT2D eigenvalue weighted by molar-refractivity contribution is 0.0466. The maximum atomic E-state index is 9.44. The first kappa shape index (κ1) is 13.4. The standard InChI is InChI=1S/C12H18ClNO2/c1-2-4-12(8-15,9-16)6-10-3-5-14-7-11(10)13/h3,5,7,15-16H,2,4,6,8-9H2,1H3. The molecule has 1 rings (SSSR count). The summed E-state index contributed by atoms with van der Waals surface area (Å²) in [7, 11) is 0. The minimum Gasteiger partial charge on any atom is -0.396 e. The predicted octanol–water partition coefficient (Wildman–Crippen LogP) is 2.05. The van der Waals surface area contributed by atoms with Gasteiger partial charge in [-0.05, 0) is 24.5 Å². The second kappa shape index (κ2) is 6.18. The maximum absolute atomic E-state index is 9.44. The molecule has 0 fully saturated rings. The number of rotatable bonds is 6. The molecular weight excluding hydrogens is 226 g/mol. The molecule has 90 valence electrons. The Balaban J connectivity index is 2.87. The molecule has 0 bridgehead atoms. The van der Waals surface area contributed by atoms with Crippen molar-refractivity contribution >= 4 is 11.6 Å². The molecule has 0 saturated carbocycles. The zero-order valence-electron chi connectivity index (χ0n) is 9.49. The molecule has 16 heavy (non-hydrogen) atoms. The Morgan fingerprint density at radius 2 is 2.06 bits per heavy atom. The molecule has 0 atom stereocenters. The first-order chi connectivity index (χ1) is 7.67. The van der Waals surface area contributed by atoms with E-state index in [-0.39, 0.29) is 13.2 Å². The van der Waals surface area contributed by atoms with Crippen LogP contribution < -0.4 is 0 Å². The van der Waals surface area contributed by atoms with Crippen molar-refractivity contribution in [2.45, 2.75) is 26.2 Å². The SMILES string of the molecule is CCCC(CO)(CO)Cc1ccncc1Cl. The lowest BCUT2D eigenvalue weighted by atomic mass is 9.79. The summed E-state index contributed by atoms with van der Waals surface area (Å²) in [5.74, 6) is 0. The highest BCUT2D eigenvalue weighted by atomic mass is 35.5. The fourth-order valence-electron chi connectivity index (χ4n) is 1.89. The van der Waals surface area contributed by atoms with Crippen molar-refractivity contribution in [1.82, 2.24) is 4.98 Å². The number of aliphatic hydroxyl groups is 2. The van der Waals surface area contributed by atoms with E-state index in [0.29, 0.717) is 11.4 Å². The van der Waals surface area contributed by atoms with E-state index >= 15 is 0 Å². The first-order valence-corrected chi connectivity index (χ1v) is 5.85. The number of aliphatic hydroxyl groups excluding tert-OH is 2. The van der Waals surface area contributed by atoms with Gasteiger partial charge in [0.2, 0.25) is 0 Å². The van der Waals surface area contributed by atoms with Gasteiger partial charge in [0, 0.05) is 17.8 Å². The quantitative estimate of drug-likeness (QED) is 0.804. The highest BCUT2D eigenvalue weighted by Gasteiger charge is 2.28. The molecule has 3 nitrogen and oxygen atoms in total. The smallest absolute Gasteiger partial charge is 0.0621 e. The van der Waals surface area contributed by atoms with Crippen LogP contribution in [0.2, 0.25) is 5.02 Å². The van der Waals surface area contributed by atoms with Crippen molar-refractivity contribution in [2.24, 2.45) is 5.41 Å². The maximum Gasteiger partial charge on any atom is 0.0621 e. The molecule has 0 aliphatic heterocycles. The molecule has 0 aliphatic carbocycles. The topological polar surface area (TPSA) is 53.4 Å². The van der Waals surface area contributed by atoms with Crippen molar-refractivity contribution in [1.29, 1.82) is 0 Å². The summed E-state index contributed by atoms with van der Waals surface area (Å²) in [6.07, 6.45) is 5.53. The molecule has 0 radical (unpaired) electrons. The van der Waals surface area contributed by atoms with Gasteiger partial charge in [0.15, 0.2) is 0 Å². The molecular formula is C12H18ClNO2. The van der Waals surface area contributed by atoms with Crippen LogP contribution >= 0.6 is 11.6 Å². The fraction of sp³-hybridized carbons (Fsp3) is 0.583. The van der Waals surface area contributed by atoms with Gasteiger partial charge < -0.3 is 10.2 Å². The van der Waals surface area contributed by atoms with Gasteiger partial charge in [-0.15, -0.1) is 0 Å². The monoisotopic (exact) mass is 243 g/mol. The molecule has 1 aromatic rings. The van der Waals surface area contributed by atoms with Crippen LogP contribution in [0, 0.1) is 5.41 Å². The van der Waals surface area contributed by atoms with Gasteiger partial charge in [-0.1, -0.05) is 24.9 Å². The number of hydrogen-bond acceptors (Lipinski definition) is 3. The van der Waals surface area contributed by atoms with E-state index < -0.39 is 5.41 Å².